The monoisotopic (exact) mass is 1070 g/mol. The largest absolute Gasteiger partial charge is 0.310 e. The van der Waals surface area contributed by atoms with Gasteiger partial charge in [0.25, 0.3) is 0 Å². The molecule has 0 heterocycles. The molecule has 0 atom stereocenters. The van der Waals surface area contributed by atoms with Gasteiger partial charge in [0.2, 0.25) is 0 Å². The molecule has 394 valence electrons. The fourth-order valence-corrected chi connectivity index (χ4v) is 14.3. The van der Waals surface area contributed by atoms with Crippen LogP contribution < -0.4 is 9.80 Å². The standard InChI is InChI=1S/C82H56N2/c1-5-25-63(26-6-1)81(64-27-7-2-8-28-64)77-35-19-17-33-73(77)75-51-49-71(55-79(75)81)83(69-47-41-57-21-13-15-23-61(57)53-69)67-43-37-59(38-44-67)60-39-45-68(46-40-60)84(70-48-42-58-22-14-16-24-62(58)54-70)72-50-52-76-74-34-18-20-36-78(74)82(80(76)56-72,65-29-9-3-10-30-65)66-31-11-4-12-32-66/h1-56H. The summed E-state index contributed by atoms with van der Waals surface area (Å²) in [7, 11) is 0. The van der Waals surface area contributed by atoms with Gasteiger partial charge in [0.1, 0.15) is 0 Å². The number of nitrogens with zero attached hydrogens (tertiary/aromatic N) is 2. The number of anilines is 6. The average Bonchev–Trinajstić information content (AvgIpc) is 2.32. The lowest BCUT2D eigenvalue weighted by atomic mass is 9.67. The van der Waals surface area contributed by atoms with Crippen LogP contribution in [-0.4, -0.2) is 0 Å². The van der Waals surface area contributed by atoms with Crippen LogP contribution in [0.15, 0.2) is 340 Å². The Morgan fingerprint density at radius 3 is 0.821 bits per heavy atom. The zero-order valence-electron chi connectivity index (χ0n) is 46.2. The van der Waals surface area contributed by atoms with Crippen molar-refractivity contribution in [1.82, 2.24) is 0 Å². The van der Waals surface area contributed by atoms with E-state index in [9.17, 15) is 0 Å². The summed E-state index contributed by atoms with van der Waals surface area (Å²) in [5.41, 5.74) is 23.0. The zero-order chi connectivity index (χ0) is 55.6. The minimum absolute atomic E-state index is 0.527. The van der Waals surface area contributed by atoms with Crippen molar-refractivity contribution in [2.24, 2.45) is 0 Å². The van der Waals surface area contributed by atoms with Crippen LogP contribution in [0.1, 0.15) is 44.5 Å². The van der Waals surface area contributed by atoms with Gasteiger partial charge in [-0.25, -0.2) is 0 Å². The predicted molar refractivity (Wildman–Crippen MR) is 351 cm³/mol. The molecule has 14 aromatic carbocycles. The molecule has 0 radical (unpaired) electrons. The molecule has 0 saturated heterocycles. The van der Waals surface area contributed by atoms with Crippen molar-refractivity contribution < 1.29 is 0 Å². The van der Waals surface area contributed by atoms with Crippen LogP contribution in [0.5, 0.6) is 0 Å². The molecule has 0 unspecified atom stereocenters. The van der Waals surface area contributed by atoms with Crippen molar-refractivity contribution >= 4 is 55.7 Å². The first kappa shape index (κ1) is 49.1. The Hall–Kier alpha value is -10.8. The number of hydrogen-bond acceptors (Lipinski definition) is 2. The molecule has 0 N–H and O–H groups in total. The van der Waals surface area contributed by atoms with Crippen molar-refractivity contribution in [3.8, 4) is 33.4 Å². The highest BCUT2D eigenvalue weighted by Crippen LogP contribution is 2.59. The van der Waals surface area contributed by atoms with E-state index in [0.29, 0.717) is 0 Å². The minimum atomic E-state index is -0.527. The molecule has 2 nitrogen and oxygen atoms in total. The van der Waals surface area contributed by atoms with E-state index in [2.05, 4.69) is 350 Å². The van der Waals surface area contributed by atoms with Crippen molar-refractivity contribution in [2.75, 3.05) is 9.80 Å². The fourth-order valence-electron chi connectivity index (χ4n) is 14.3. The van der Waals surface area contributed by atoms with Crippen LogP contribution in [0.2, 0.25) is 0 Å². The number of hydrogen-bond donors (Lipinski definition) is 0. The Kier molecular flexibility index (Phi) is 11.7. The van der Waals surface area contributed by atoms with Gasteiger partial charge in [-0.3, -0.25) is 0 Å². The lowest BCUT2D eigenvalue weighted by molar-refractivity contribution is 0.768. The molecule has 84 heavy (non-hydrogen) atoms. The normalized spacial score (nSPS) is 13.2. The second kappa shape index (κ2) is 20.0. The van der Waals surface area contributed by atoms with Gasteiger partial charge in [-0.05, 0) is 172 Å². The van der Waals surface area contributed by atoms with E-state index in [4.69, 9.17) is 0 Å². The highest BCUT2D eigenvalue weighted by molar-refractivity contribution is 5.95. The summed E-state index contributed by atoms with van der Waals surface area (Å²) in [5, 5.41) is 4.82. The maximum absolute atomic E-state index is 2.46. The van der Waals surface area contributed by atoms with Crippen LogP contribution in [0.25, 0.3) is 54.9 Å². The average molecular weight is 1070 g/mol. The third-order valence-electron chi connectivity index (χ3n) is 18.0. The molecule has 2 aliphatic carbocycles. The molecule has 0 bridgehead atoms. The van der Waals surface area contributed by atoms with Crippen molar-refractivity contribution in [3.05, 3.63) is 384 Å². The molecular formula is C82H56N2. The summed E-state index contributed by atoms with van der Waals surface area (Å²) in [6.07, 6.45) is 0. The Balaban J connectivity index is 0.812. The summed E-state index contributed by atoms with van der Waals surface area (Å²) in [5.74, 6) is 0. The molecule has 0 amide bonds. The van der Waals surface area contributed by atoms with Gasteiger partial charge >= 0.3 is 0 Å². The van der Waals surface area contributed by atoms with Gasteiger partial charge in [0, 0.05) is 34.1 Å². The Bertz CT molecular complexity index is 4380. The SMILES string of the molecule is c1ccc(C2(c3ccccc3)c3ccccc3-c3ccc(N(c4ccc(-c5ccc(N(c6ccc7c(c6)C(c6ccccc6)(c6ccccc6)c6ccccc6-7)c6ccc7ccccc7c6)cc5)cc4)c4ccc5ccccc5c4)cc32)cc1. The van der Waals surface area contributed by atoms with E-state index in [-0.39, 0.29) is 0 Å². The lowest BCUT2D eigenvalue weighted by Crippen LogP contribution is -2.28. The topological polar surface area (TPSA) is 6.48 Å². The third-order valence-corrected chi connectivity index (χ3v) is 18.0. The van der Waals surface area contributed by atoms with Crippen molar-refractivity contribution in [2.45, 2.75) is 10.8 Å². The lowest BCUT2D eigenvalue weighted by Gasteiger charge is -2.35. The van der Waals surface area contributed by atoms with E-state index in [0.717, 1.165) is 45.3 Å². The summed E-state index contributed by atoms with van der Waals surface area (Å²) in [6.45, 7) is 0. The first-order chi connectivity index (χ1) is 41.6. The highest BCUT2D eigenvalue weighted by atomic mass is 15.1. The first-order valence-corrected chi connectivity index (χ1v) is 29.1. The molecule has 0 fully saturated rings. The molecule has 0 aliphatic heterocycles. The molecule has 16 rings (SSSR count). The number of fused-ring (bicyclic) bond motifs is 8. The minimum Gasteiger partial charge on any atom is -0.310 e. The van der Waals surface area contributed by atoms with E-state index >= 15 is 0 Å². The van der Waals surface area contributed by atoms with Gasteiger partial charge in [-0.1, -0.05) is 267 Å². The van der Waals surface area contributed by atoms with Crippen LogP contribution in [-0.2, 0) is 10.8 Å². The third kappa shape index (κ3) is 7.72. The molecular weight excluding hydrogens is 1010 g/mol. The molecule has 0 saturated carbocycles. The van der Waals surface area contributed by atoms with E-state index in [1.807, 2.05) is 0 Å². The maximum Gasteiger partial charge on any atom is 0.0714 e. The van der Waals surface area contributed by atoms with E-state index in [1.54, 1.807) is 0 Å². The van der Waals surface area contributed by atoms with Gasteiger partial charge in [-0.15, -0.1) is 0 Å². The second-order valence-electron chi connectivity index (χ2n) is 22.3. The Morgan fingerprint density at radius 2 is 0.452 bits per heavy atom. The van der Waals surface area contributed by atoms with Crippen LogP contribution in [0.4, 0.5) is 34.1 Å². The first-order valence-electron chi connectivity index (χ1n) is 29.1. The summed E-state index contributed by atoms with van der Waals surface area (Å²) in [4.78, 5) is 4.87. The predicted octanol–water partition coefficient (Wildman–Crippen LogP) is 21.3. The van der Waals surface area contributed by atoms with E-state index < -0.39 is 10.8 Å². The van der Waals surface area contributed by atoms with E-state index in [1.165, 1.54) is 88.3 Å². The van der Waals surface area contributed by atoms with Crippen LogP contribution in [0, 0.1) is 0 Å². The second-order valence-corrected chi connectivity index (χ2v) is 22.3. The molecule has 2 aliphatic rings. The quantitative estimate of drug-likeness (QED) is 0.127. The highest BCUT2D eigenvalue weighted by Gasteiger charge is 2.48. The molecule has 14 aromatic rings. The number of benzene rings is 14. The van der Waals surface area contributed by atoms with Gasteiger partial charge in [-0.2, -0.15) is 0 Å². The van der Waals surface area contributed by atoms with Gasteiger partial charge in [0.05, 0.1) is 10.8 Å². The summed E-state index contributed by atoms with van der Waals surface area (Å²) < 4.78 is 0. The smallest absolute Gasteiger partial charge is 0.0714 e. The molecule has 2 heteroatoms. The van der Waals surface area contributed by atoms with Crippen LogP contribution in [0.3, 0.4) is 0 Å². The van der Waals surface area contributed by atoms with Gasteiger partial charge < -0.3 is 9.80 Å². The summed E-state index contributed by atoms with van der Waals surface area (Å²) in [6, 6.07) is 126. The summed E-state index contributed by atoms with van der Waals surface area (Å²) >= 11 is 0. The van der Waals surface area contributed by atoms with Gasteiger partial charge in [0.15, 0.2) is 0 Å². The molecule has 0 aromatic heterocycles. The maximum atomic E-state index is 2.46. The fraction of sp³-hybridized carbons (Fsp3) is 0.0244. The van der Waals surface area contributed by atoms with Crippen LogP contribution >= 0.6 is 0 Å². The molecule has 0 spiro atoms. The Morgan fingerprint density at radius 1 is 0.179 bits per heavy atom. The van der Waals surface area contributed by atoms with Crippen molar-refractivity contribution in [3.63, 3.8) is 0 Å². The number of rotatable bonds is 11. The zero-order valence-corrected chi connectivity index (χ0v) is 46.2. The van der Waals surface area contributed by atoms with Crippen molar-refractivity contribution in [1.29, 1.82) is 0 Å². The Labute approximate surface area is 491 Å².